The zero-order chi connectivity index (χ0) is 17.6. The first-order valence-electron chi connectivity index (χ1n) is 7.94. The molecule has 1 N–H and O–H groups in total. The van der Waals surface area contributed by atoms with Crippen LogP contribution in [0.2, 0.25) is 0 Å². The van der Waals surface area contributed by atoms with Gasteiger partial charge in [-0.3, -0.25) is 4.79 Å². The fourth-order valence-electron chi connectivity index (χ4n) is 2.58. The summed E-state index contributed by atoms with van der Waals surface area (Å²) >= 11 is 0. The Bertz CT molecular complexity index is 807. The van der Waals surface area contributed by atoms with Gasteiger partial charge in [0.2, 0.25) is 0 Å². The van der Waals surface area contributed by atoms with E-state index in [1.54, 1.807) is 49.6 Å². The topological polar surface area (TPSA) is 80.6 Å². The van der Waals surface area contributed by atoms with Gasteiger partial charge in [0, 0.05) is 12.0 Å². The maximum Gasteiger partial charge on any atom is 0.255 e. The van der Waals surface area contributed by atoms with Gasteiger partial charge in [0.25, 0.3) is 5.91 Å². The molecule has 1 fully saturated rings. The smallest absolute Gasteiger partial charge is 0.255 e. The Morgan fingerprint density at radius 2 is 2.12 bits per heavy atom. The van der Waals surface area contributed by atoms with Crippen molar-refractivity contribution in [2.24, 2.45) is 0 Å². The lowest BCUT2D eigenvalue weighted by Gasteiger charge is -2.16. The highest BCUT2D eigenvalue weighted by molar-refractivity contribution is 6.05. The number of ether oxygens (including phenoxy) is 3. The number of nitrogens with zero attached hydrogens (tertiary/aromatic N) is 1. The normalized spacial score (nSPS) is 16.1. The highest BCUT2D eigenvalue weighted by Crippen LogP contribution is 2.30. The molecular weight excluding hydrogens is 320 g/mol. The number of carbonyl (C=O) groups is 1. The quantitative estimate of drug-likeness (QED) is 0.906. The SMILES string of the molecule is COc1ccc(C(=O)Nc2ccccc2C#N)cc1OC1CCOC1. The van der Waals surface area contributed by atoms with Crippen LogP contribution < -0.4 is 14.8 Å². The maximum absolute atomic E-state index is 12.5. The van der Waals surface area contributed by atoms with Crippen LogP contribution >= 0.6 is 0 Å². The number of hydrogen-bond acceptors (Lipinski definition) is 5. The number of rotatable bonds is 5. The van der Waals surface area contributed by atoms with Crippen LogP contribution in [0.25, 0.3) is 0 Å². The molecule has 0 spiro atoms. The fraction of sp³-hybridized carbons (Fsp3) is 0.263. The van der Waals surface area contributed by atoms with Crippen molar-refractivity contribution < 1.29 is 19.0 Å². The Balaban J connectivity index is 1.81. The summed E-state index contributed by atoms with van der Waals surface area (Å²) in [5.41, 5.74) is 1.30. The van der Waals surface area contributed by atoms with Gasteiger partial charge in [-0.25, -0.2) is 0 Å². The first-order chi connectivity index (χ1) is 12.2. The lowest BCUT2D eigenvalue weighted by atomic mass is 10.1. The fourth-order valence-corrected chi connectivity index (χ4v) is 2.58. The predicted octanol–water partition coefficient (Wildman–Crippen LogP) is 2.99. The van der Waals surface area contributed by atoms with Gasteiger partial charge in [-0.05, 0) is 30.3 Å². The predicted molar refractivity (Wildman–Crippen MR) is 92.0 cm³/mol. The first kappa shape index (κ1) is 16.8. The van der Waals surface area contributed by atoms with Crippen LogP contribution in [-0.4, -0.2) is 32.3 Å². The van der Waals surface area contributed by atoms with Crippen molar-refractivity contribution in [2.45, 2.75) is 12.5 Å². The second-order valence-electron chi connectivity index (χ2n) is 5.58. The second-order valence-corrected chi connectivity index (χ2v) is 5.58. The summed E-state index contributed by atoms with van der Waals surface area (Å²) in [6.07, 6.45) is 0.751. The third kappa shape index (κ3) is 3.90. The summed E-state index contributed by atoms with van der Waals surface area (Å²) in [6, 6.07) is 13.9. The molecule has 1 atom stereocenters. The lowest BCUT2D eigenvalue weighted by molar-refractivity contribution is 0.102. The van der Waals surface area contributed by atoms with Gasteiger partial charge in [-0.2, -0.15) is 5.26 Å². The van der Waals surface area contributed by atoms with Crippen molar-refractivity contribution in [1.82, 2.24) is 0 Å². The molecule has 1 aliphatic heterocycles. The van der Waals surface area contributed by atoms with Gasteiger partial charge < -0.3 is 19.5 Å². The second kappa shape index (κ2) is 7.69. The molecule has 128 valence electrons. The minimum atomic E-state index is -0.321. The maximum atomic E-state index is 12.5. The van der Waals surface area contributed by atoms with Crippen LogP contribution in [-0.2, 0) is 4.74 Å². The Kier molecular flexibility index (Phi) is 5.17. The van der Waals surface area contributed by atoms with Crippen LogP contribution in [0, 0.1) is 11.3 Å². The van der Waals surface area contributed by atoms with Crippen molar-refractivity contribution in [2.75, 3.05) is 25.6 Å². The van der Waals surface area contributed by atoms with Crippen molar-refractivity contribution in [3.8, 4) is 17.6 Å². The number of carbonyl (C=O) groups excluding carboxylic acids is 1. The Hall–Kier alpha value is -3.04. The number of benzene rings is 2. The molecule has 0 saturated carbocycles. The standard InChI is InChI=1S/C19H18N2O4/c1-23-17-7-6-13(10-18(17)25-15-8-9-24-12-15)19(22)21-16-5-3-2-4-14(16)11-20/h2-7,10,15H,8-9,12H2,1H3,(H,21,22). The van der Waals surface area contributed by atoms with Gasteiger partial charge in [0.15, 0.2) is 11.5 Å². The highest BCUT2D eigenvalue weighted by atomic mass is 16.6. The summed E-state index contributed by atoms with van der Waals surface area (Å²) in [5.74, 6) is 0.734. The number of anilines is 1. The molecule has 2 aromatic carbocycles. The summed E-state index contributed by atoms with van der Waals surface area (Å²) in [4.78, 5) is 12.5. The average molecular weight is 338 g/mol. The van der Waals surface area contributed by atoms with Crippen molar-refractivity contribution in [3.05, 3.63) is 53.6 Å². The minimum absolute atomic E-state index is 0.0495. The van der Waals surface area contributed by atoms with Gasteiger partial charge >= 0.3 is 0 Å². The molecule has 0 aliphatic carbocycles. The molecule has 0 aromatic heterocycles. The number of nitrogens with one attached hydrogen (secondary N) is 1. The van der Waals surface area contributed by atoms with Gasteiger partial charge in [-0.15, -0.1) is 0 Å². The average Bonchev–Trinajstić information content (AvgIpc) is 3.15. The number of methoxy groups -OCH3 is 1. The summed E-state index contributed by atoms with van der Waals surface area (Å²) < 4.78 is 16.5. The van der Waals surface area contributed by atoms with E-state index in [0.717, 1.165) is 6.42 Å². The van der Waals surface area contributed by atoms with Gasteiger partial charge in [0.1, 0.15) is 12.2 Å². The van der Waals surface area contributed by atoms with E-state index in [9.17, 15) is 4.79 Å². The molecule has 1 saturated heterocycles. The van der Waals surface area contributed by atoms with E-state index in [0.29, 0.717) is 41.5 Å². The summed E-state index contributed by atoms with van der Waals surface area (Å²) in [6.45, 7) is 1.19. The molecule has 0 radical (unpaired) electrons. The van der Waals surface area contributed by atoms with Gasteiger partial charge in [-0.1, -0.05) is 12.1 Å². The van der Waals surface area contributed by atoms with Crippen LogP contribution in [0.1, 0.15) is 22.3 Å². The molecule has 1 unspecified atom stereocenters. The molecule has 3 rings (SSSR count). The van der Waals surface area contributed by atoms with Gasteiger partial charge in [0.05, 0.1) is 31.6 Å². The summed E-state index contributed by atoms with van der Waals surface area (Å²) in [5, 5.41) is 11.9. The molecule has 1 amide bonds. The number of para-hydroxylation sites is 1. The molecule has 1 aliphatic rings. The van der Waals surface area contributed by atoms with E-state index < -0.39 is 0 Å². The monoisotopic (exact) mass is 338 g/mol. The third-order valence-corrected chi connectivity index (χ3v) is 3.90. The Morgan fingerprint density at radius 3 is 2.84 bits per heavy atom. The summed E-state index contributed by atoms with van der Waals surface area (Å²) in [7, 11) is 1.55. The minimum Gasteiger partial charge on any atom is -0.493 e. The van der Waals surface area contributed by atoms with E-state index in [1.807, 2.05) is 0 Å². The molecule has 0 bridgehead atoms. The van der Waals surface area contributed by atoms with E-state index in [2.05, 4.69) is 11.4 Å². The van der Waals surface area contributed by atoms with Crippen molar-refractivity contribution in [1.29, 1.82) is 5.26 Å². The Labute approximate surface area is 145 Å². The van der Waals surface area contributed by atoms with E-state index in [-0.39, 0.29) is 12.0 Å². The van der Waals surface area contributed by atoms with Crippen molar-refractivity contribution in [3.63, 3.8) is 0 Å². The Morgan fingerprint density at radius 1 is 1.28 bits per heavy atom. The molecule has 6 heteroatoms. The van der Waals surface area contributed by atoms with Crippen LogP contribution in [0.3, 0.4) is 0 Å². The van der Waals surface area contributed by atoms with E-state index in [4.69, 9.17) is 19.5 Å². The molecule has 6 nitrogen and oxygen atoms in total. The van der Waals surface area contributed by atoms with E-state index >= 15 is 0 Å². The molecular formula is C19H18N2O4. The number of amides is 1. The first-order valence-corrected chi connectivity index (χ1v) is 7.94. The number of nitriles is 1. The van der Waals surface area contributed by atoms with Crippen LogP contribution in [0.5, 0.6) is 11.5 Å². The van der Waals surface area contributed by atoms with Crippen LogP contribution in [0.15, 0.2) is 42.5 Å². The third-order valence-electron chi connectivity index (χ3n) is 3.90. The number of hydrogen-bond donors (Lipinski definition) is 1. The largest absolute Gasteiger partial charge is 0.493 e. The zero-order valence-corrected chi connectivity index (χ0v) is 13.8. The van der Waals surface area contributed by atoms with E-state index in [1.165, 1.54) is 0 Å². The molecule has 2 aromatic rings. The molecule has 1 heterocycles. The molecule has 25 heavy (non-hydrogen) atoms. The highest BCUT2D eigenvalue weighted by Gasteiger charge is 2.20. The van der Waals surface area contributed by atoms with Crippen molar-refractivity contribution >= 4 is 11.6 Å². The van der Waals surface area contributed by atoms with Crippen LogP contribution in [0.4, 0.5) is 5.69 Å². The zero-order valence-electron chi connectivity index (χ0n) is 13.8. The lowest BCUT2D eigenvalue weighted by Crippen LogP contribution is -2.17.